The molecule has 1 fully saturated rings. The molecule has 0 saturated carbocycles. The maximum atomic E-state index is 11.2. The van der Waals surface area contributed by atoms with Gasteiger partial charge < -0.3 is 10.4 Å². The molecule has 1 amide bonds. The summed E-state index contributed by atoms with van der Waals surface area (Å²) in [6.45, 7) is 0. The Balaban J connectivity index is 2.28. The normalized spacial score (nSPS) is 24.9. The number of hydrogen-bond acceptors (Lipinski definition) is 2. The topological polar surface area (TPSA) is 66.4 Å². The number of nitrogens with one attached hydrogen (secondary N) is 1. The van der Waals surface area contributed by atoms with Crippen LogP contribution in [0.25, 0.3) is 0 Å². The van der Waals surface area contributed by atoms with Crippen molar-refractivity contribution in [1.29, 1.82) is 0 Å². The predicted molar refractivity (Wildman–Crippen MR) is 53.1 cm³/mol. The van der Waals surface area contributed by atoms with Gasteiger partial charge in [0.05, 0.1) is 12.0 Å². The molecular weight excluding hydrogens is 194 g/mol. The van der Waals surface area contributed by atoms with Crippen molar-refractivity contribution in [3.05, 3.63) is 35.9 Å². The third-order valence-corrected chi connectivity index (χ3v) is 2.60. The van der Waals surface area contributed by atoms with Gasteiger partial charge in [0, 0.05) is 6.42 Å². The van der Waals surface area contributed by atoms with Crippen LogP contribution in [-0.4, -0.2) is 17.0 Å². The molecule has 0 bridgehead atoms. The molecule has 1 aromatic rings. The molecule has 4 nitrogen and oxygen atoms in total. The van der Waals surface area contributed by atoms with E-state index in [-0.39, 0.29) is 12.3 Å². The van der Waals surface area contributed by atoms with E-state index < -0.39 is 17.9 Å². The highest BCUT2D eigenvalue weighted by atomic mass is 16.4. The van der Waals surface area contributed by atoms with Gasteiger partial charge in [0.15, 0.2) is 0 Å². The molecule has 1 aliphatic heterocycles. The number of carboxylic acid groups (broad SMARTS) is 1. The zero-order chi connectivity index (χ0) is 10.8. The van der Waals surface area contributed by atoms with Gasteiger partial charge in [-0.2, -0.15) is 0 Å². The number of aliphatic carboxylic acids is 1. The molecule has 1 aromatic carbocycles. The largest absolute Gasteiger partial charge is 0.481 e. The Morgan fingerprint density at radius 2 is 2.00 bits per heavy atom. The lowest BCUT2D eigenvalue weighted by Gasteiger charge is -2.15. The summed E-state index contributed by atoms with van der Waals surface area (Å²) in [5.41, 5.74) is 0.843. The minimum atomic E-state index is -0.929. The van der Waals surface area contributed by atoms with Crippen LogP contribution in [0.4, 0.5) is 0 Å². The first kappa shape index (κ1) is 9.71. The molecule has 2 N–H and O–H groups in total. The van der Waals surface area contributed by atoms with Crippen molar-refractivity contribution in [3.8, 4) is 0 Å². The zero-order valence-corrected chi connectivity index (χ0v) is 8.01. The SMILES string of the molecule is O=C1C[C@H](C(=O)O)[C@@H](c2ccccc2)N1. The van der Waals surface area contributed by atoms with Crippen molar-refractivity contribution >= 4 is 11.9 Å². The molecule has 1 saturated heterocycles. The molecule has 1 heterocycles. The van der Waals surface area contributed by atoms with Crippen LogP contribution in [0.3, 0.4) is 0 Å². The van der Waals surface area contributed by atoms with Crippen molar-refractivity contribution in [2.75, 3.05) is 0 Å². The van der Waals surface area contributed by atoms with Crippen LogP contribution in [0.2, 0.25) is 0 Å². The van der Waals surface area contributed by atoms with Gasteiger partial charge >= 0.3 is 5.97 Å². The summed E-state index contributed by atoms with van der Waals surface area (Å²) >= 11 is 0. The minimum absolute atomic E-state index is 0.0644. The van der Waals surface area contributed by atoms with E-state index in [0.29, 0.717) is 0 Å². The highest BCUT2D eigenvalue weighted by Gasteiger charge is 2.38. The Kier molecular flexibility index (Phi) is 2.41. The number of benzene rings is 1. The highest BCUT2D eigenvalue weighted by Crippen LogP contribution is 2.30. The predicted octanol–water partition coefficient (Wildman–Crippen LogP) is 0.948. The second-order valence-electron chi connectivity index (χ2n) is 3.60. The smallest absolute Gasteiger partial charge is 0.309 e. The molecule has 0 unspecified atom stereocenters. The monoisotopic (exact) mass is 205 g/mol. The van der Waals surface area contributed by atoms with Crippen molar-refractivity contribution < 1.29 is 14.7 Å². The maximum absolute atomic E-state index is 11.2. The molecule has 4 heteroatoms. The van der Waals surface area contributed by atoms with Gasteiger partial charge in [-0.15, -0.1) is 0 Å². The average Bonchev–Trinajstić information content (AvgIpc) is 2.62. The first-order valence-electron chi connectivity index (χ1n) is 4.75. The van der Waals surface area contributed by atoms with Gasteiger partial charge in [0.25, 0.3) is 0 Å². The van der Waals surface area contributed by atoms with Gasteiger partial charge in [-0.3, -0.25) is 9.59 Å². The summed E-state index contributed by atoms with van der Waals surface area (Å²) in [6.07, 6.45) is 0.0644. The van der Waals surface area contributed by atoms with E-state index in [4.69, 9.17) is 5.11 Å². The third-order valence-electron chi connectivity index (χ3n) is 2.60. The van der Waals surface area contributed by atoms with Crippen molar-refractivity contribution in [2.45, 2.75) is 12.5 Å². The number of amides is 1. The van der Waals surface area contributed by atoms with Gasteiger partial charge in [0.2, 0.25) is 5.91 Å². The van der Waals surface area contributed by atoms with Crippen LogP contribution in [0.1, 0.15) is 18.0 Å². The number of rotatable bonds is 2. The van der Waals surface area contributed by atoms with E-state index in [0.717, 1.165) is 5.56 Å². The standard InChI is InChI=1S/C11H11NO3/c13-9-6-8(11(14)15)10(12-9)7-4-2-1-3-5-7/h1-5,8,10H,6H2,(H,12,13)(H,14,15)/t8-,10+/m0/s1. The molecule has 78 valence electrons. The second-order valence-corrected chi connectivity index (χ2v) is 3.60. The van der Waals surface area contributed by atoms with Crippen LogP contribution in [0.5, 0.6) is 0 Å². The van der Waals surface area contributed by atoms with E-state index in [1.165, 1.54) is 0 Å². The van der Waals surface area contributed by atoms with E-state index in [2.05, 4.69) is 5.32 Å². The lowest BCUT2D eigenvalue weighted by molar-refractivity contribution is -0.142. The molecule has 1 aliphatic rings. The lowest BCUT2D eigenvalue weighted by Crippen LogP contribution is -2.24. The molecule has 2 rings (SSSR count). The Bertz CT molecular complexity index is 388. The Morgan fingerprint density at radius 3 is 2.60 bits per heavy atom. The van der Waals surface area contributed by atoms with Crippen LogP contribution in [0, 0.1) is 5.92 Å². The third kappa shape index (κ3) is 1.83. The molecule has 0 aliphatic carbocycles. The van der Waals surface area contributed by atoms with E-state index >= 15 is 0 Å². The van der Waals surface area contributed by atoms with Crippen LogP contribution in [-0.2, 0) is 9.59 Å². The van der Waals surface area contributed by atoms with Crippen molar-refractivity contribution in [2.24, 2.45) is 5.92 Å². The molecule has 15 heavy (non-hydrogen) atoms. The van der Waals surface area contributed by atoms with E-state index in [1.54, 1.807) is 0 Å². The summed E-state index contributed by atoms with van der Waals surface area (Å²) in [5, 5.41) is 11.7. The van der Waals surface area contributed by atoms with Crippen LogP contribution in [0.15, 0.2) is 30.3 Å². The van der Waals surface area contributed by atoms with E-state index in [1.807, 2.05) is 30.3 Å². The first-order chi connectivity index (χ1) is 7.18. The second kappa shape index (κ2) is 3.73. The fourth-order valence-corrected chi connectivity index (χ4v) is 1.86. The van der Waals surface area contributed by atoms with Gasteiger partial charge in [-0.25, -0.2) is 0 Å². The summed E-state index contributed by atoms with van der Waals surface area (Å²) < 4.78 is 0. The Labute approximate surface area is 86.9 Å². The van der Waals surface area contributed by atoms with Crippen LogP contribution >= 0.6 is 0 Å². The number of hydrogen-bond donors (Lipinski definition) is 2. The molecular formula is C11H11NO3. The zero-order valence-electron chi connectivity index (χ0n) is 8.01. The highest BCUT2D eigenvalue weighted by molar-refractivity contribution is 5.87. The fourth-order valence-electron chi connectivity index (χ4n) is 1.86. The fraction of sp³-hybridized carbons (Fsp3) is 0.273. The summed E-state index contributed by atoms with van der Waals surface area (Å²) in [7, 11) is 0. The Hall–Kier alpha value is -1.84. The van der Waals surface area contributed by atoms with Gasteiger partial charge in [-0.1, -0.05) is 30.3 Å². The van der Waals surface area contributed by atoms with Gasteiger partial charge in [0.1, 0.15) is 0 Å². The Morgan fingerprint density at radius 1 is 1.33 bits per heavy atom. The number of carbonyl (C=O) groups is 2. The summed E-state index contributed by atoms with van der Waals surface area (Å²) in [6, 6.07) is 8.78. The number of carbonyl (C=O) groups excluding carboxylic acids is 1. The minimum Gasteiger partial charge on any atom is -0.481 e. The molecule has 0 spiro atoms. The van der Waals surface area contributed by atoms with E-state index in [9.17, 15) is 9.59 Å². The van der Waals surface area contributed by atoms with Gasteiger partial charge in [-0.05, 0) is 5.56 Å². The summed E-state index contributed by atoms with van der Waals surface area (Å²) in [5.74, 6) is -1.78. The first-order valence-corrected chi connectivity index (χ1v) is 4.75. The number of carboxylic acids is 1. The van der Waals surface area contributed by atoms with Crippen molar-refractivity contribution in [3.63, 3.8) is 0 Å². The summed E-state index contributed by atoms with van der Waals surface area (Å²) in [4.78, 5) is 22.1. The maximum Gasteiger partial charge on any atom is 0.309 e. The molecule has 2 atom stereocenters. The van der Waals surface area contributed by atoms with Crippen LogP contribution < -0.4 is 5.32 Å². The van der Waals surface area contributed by atoms with Crippen molar-refractivity contribution in [1.82, 2.24) is 5.32 Å². The molecule has 0 aromatic heterocycles. The lowest BCUT2D eigenvalue weighted by atomic mass is 9.94. The molecule has 0 radical (unpaired) electrons. The average molecular weight is 205 g/mol. The quantitative estimate of drug-likeness (QED) is 0.755.